The number of hydrogen-bond acceptors (Lipinski definition) is 3. The molecule has 1 aliphatic rings. The van der Waals surface area contributed by atoms with Crippen molar-refractivity contribution < 1.29 is 18.3 Å². The van der Waals surface area contributed by atoms with Crippen molar-refractivity contribution in [3.05, 3.63) is 0 Å². The smallest absolute Gasteiger partial charge is 0.307 e. The number of carbonyl (C=O) groups is 1. The molecule has 1 rings (SSSR count). The zero-order chi connectivity index (χ0) is 10.1. The number of sulfone groups is 1. The minimum absolute atomic E-state index is 0.493. The van der Waals surface area contributed by atoms with Gasteiger partial charge >= 0.3 is 5.97 Å². The molecule has 1 fully saturated rings. The van der Waals surface area contributed by atoms with E-state index in [0.717, 1.165) is 19.1 Å². The summed E-state index contributed by atoms with van der Waals surface area (Å²) in [6.07, 6.45) is 3.76. The molecule has 13 heavy (non-hydrogen) atoms. The first-order chi connectivity index (χ1) is 5.93. The van der Waals surface area contributed by atoms with E-state index in [-0.39, 0.29) is 0 Å². The van der Waals surface area contributed by atoms with Gasteiger partial charge in [0.2, 0.25) is 0 Å². The van der Waals surface area contributed by atoms with E-state index in [1.807, 2.05) is 0 Å². The van der Waals surface area contributed by atoms with Crippen LogP contribution in [-0.4, -0.2) is 31.0 Å². The van der Waals surface area contributed by atoms with E-state index in [2.05, 4.69) is 0 Å². The first-order valence-corrected chi connectivity index (χ1v) is 6.30. The van der Waals surface area contributed by atoms with Crippen LogP contribution >= 0.6 is 0 Å². The van der Waals surface area contributed by atoms with Crippen molar-refractivity contribution in [1.29, 1.82) is 0 Å². The van der Waals surface area contributed by atoms with Gasteiger partial charge in [-0.3, -0.25) is 4.79 Å². The normalized spacial score (nSPS) is 29.9. The summed E-state index contributed by atoms with van der Waals surface area (Å²) in [5, 5.41) is 8.14. The number of rotatable bonds is 2. The summed E-state index contributed by atoms with van der Waals surface area (Å²) >= 11 is 0. The molecule has 1 aliphatic carbocycles. The number of carboxylic acids is 1. The highest BCUT2D eigenvalue weighted by atomic mass is 32.2. The van der Waals surface area contributed by atoms with Gasteiger partial charge in [0.05, 0.1) is 11.2 Å². The second kappa shape index (κ2) is 3.65. The van der Waals surface area contributed by atoms with Gasteiger partial charge in [-0.25, -0.2) is 8.42 Å². The predicted molar refractivity (Wildman–Crippen MR) is 48.2 cm³/mol. The molecule has 0 heterocycles. The van der Waals surface area contributed by atoms with Crippen LogP contribution in [0, 0.1) is 5.92 Å². The maximum Gasteiger partial charge on any atom is 0.307 e. The lowest BCUT2D eigenvalue weighted by molar-refractivity contribution is -0.142. The third-order valence-corrected chi connectivity index (χ3v) is 4.23. The molecule has 0 bridgehead atoms. The molecule has 0 radical (unpaired) electrons. The van der Waals surface area contributed by atoms with Crippen molar-refractivity contribution in [2.45, 2.75) is 30.9 Å². The fourth-order valence-corrected chi connectivity index (χ4v) is 3.34. The zero-order valence-corrected chi connectivity index (χ0v) is 8.38. The number of hydrogen-bond donors (Lipinski definition) is 1. The van der Waals surface area contributed by atoms with Crippen molar-refractivity contribution in [2.24, 2.45) is 5.92 Å². The van der Waals surface area contributed by atoms with E-state index in [9.17, 15) is 13.2 Å². The molecule has 0 amide bonds. The quantitative estimate of drug-likeness (QED) is 0.721. The van der Waals surface area contributed by atoms with Crippen molar-refractivity contribution in [1.82, 2.24) is 0 Å². The molecule has 0 aliphatic heterocycles. The van der Waals surface area contributed by atoms with Gasteiger partial charge in [0.15, 0.2) is 9.84 Å². The van der Waals surface area contributed by atoms with Gasteiger partial charge in [-0.1, -0.05) is 12.8 Å². The van der Waals surface area contributed by atoms with Gasteiger partial charge in [-0.15, -0.1) is 0 Å². The molecule has 0 aromatic rings. The Labute approximate surface area is 77.9 Å². The highest BCUT2D eigenvalue weighted by Crippen LogP contribution is 2.29. The first-order valence-electron chi connectivity index (χ1n) is 4.34. The molecular weight excluding hydrogens is 192 g/mol. The SMILES string of the molecule is CS(=O)(=O)[C@H]1CCCC[C@@H]1C(=O)O. The minimum Gasteiger partial charge on any atom is -0.481 e. The molecular formula is C8H14O4S. The summed E-state index contributed by atoms with van der Waals surface area (Å²) < 4.78 is 22.5. The van der Waals surface area contributed by atoms with E-state index in [1.165, 1.54) is 0 Å². The summed E-state index contributed by atoms with van der Waals surface area (Å²) in [4.78, 5) is 10.7. The maximum atomic E-state index is 11.2. The Morgan fingerprint density at radius 3 is 2.23 bits per heavy atom. The highest BCUT2D eigenvalue weighted by Gasteiger charge is 2.37. The number of carboxylic acid groups (broad SMARTS) is 1. The summed E-state index contributed by atoms with van der Waals surface area (Å²) in [5.74, 6) is -1.67. The van der Waals surface area contributed by atoms with Crippen LogP contribution in [0.1, 0.15) is 25.7 Å². The van der Waals surface area contributed by atoms with Crippen molar-refractivity contribution in [2.75, 3.05) is 6.26 Å². The van der Waals surface area contributed by atoms with E-state index in [4.69, 9.17) is 5.11 Å². The average molecular weight is 206 g/mol. The predicted octanol–water partition coefficient (Wildman–Crippen LogP) is 0.674. The summed E-state index contributed by atoms with van der Waals surface area (Å²) in [6.45, 7) is 0. The van der Waals surface area contributed by atoms with Crippen LogP contribution in [0.5, 0.6) is 0 Å². The van der Waals surface area contributed by atoms with Gasteiger partial charge in [-0.2, -0.15) is 0 Å². The van der Waals surface area contributed by atoms with Gasteiger partial charge in [0.1, 0.15) is 0 Å². The second-order valence-electron chi connectivity index (χ2n) is 3.60. The van der Waals surface area contributed by atoms with Crippen LogP contribution in [0.25, 0.3) is 0 Å². The third-order valence-electron chi connectivity index (χ3n) is 2.57. The van der Waals surface area contributed by atoms with E-state index in [1.54, 1.807) is 0 Å². The highest BCUT2D eigenvalue weighted by molar-refractivity contribution is 7.91. The van der Waals surface area contributed by atoms with E-state index < -0.39 is 27.0 Å². The first kappa shape index (κ1) is 10.5. The molecule has 5 heteroatoms. The zero-order valence-electron chi connectivity index (χ0n) is 7.56. The Balaban J connectivity index is 2.86. The fraction of sp³-hybridized carbons (Fsp3) is 0.875. The second-order valence-corrected chi connectivity index (χ2v) is 5.86. The Bertz CT molecular complexity index is 293. The minimum atomic E-state index is -3.20. The van der Waals surface area contributed by atoms with Gasteiger partial charge < -0.3 is 5.11 Å². The molecule has 0 spiro atoms. The van der Waals surface area contributed by atoms with Crippen LogP contribution in [0.4, 0.5) is 0 Å². The van der Waals surface area contributed by atoms with Crippen molar-refractivity contribution in [3.8, 4) is 0 Å². The molecule has 2 atom stereocenters. The molecule has 76 valence electrons. The number of aliphatic carboxylic acids is 1. The van der Waals surface area contributed by atoms with Crippen LogP contribution in [-0.2, 0) is 14.6 Å². The molecule has 0 aromatic carbocycles. The van der Waals surface area contributed by atoms with Gasteiger partial charge in [0, 0.05) is 6.26 Å². The standard InChI is InChI=1S/C8H14O4S/c1-13(11,12)7-5-3-2-4-6(7)8(9)10/h6-7H,2-5H2,1H3,(H,9,10)/t6-,7-/m0/s1. The monoisotopic (exact) mass is 206 g/mol. The van der Waals surface area contributed by atoms with E-state index in [0.29, 0.717) is 12.8 Å². The van der Waals surface area contributed by atoms with Crippen molar-refractivity contribution >= 4 is 15.8 Å². The topological polar surface area (TPSA) is 71.4 Å². The molecule has 0 aromatic heterocycles. The van der Waals surface area contributed by atoms with E-state index >= 15 is 0 Å². The Hall–Kier alpha value is -0.580. The molecule has 1 N–H and O–H groups in total. The summed E-state index contributed by atoms with van der Waals surface area (Å²) in [5.41, 5.74) is 0. The molecule has 4 nitrogen and oxygen atoms in total. The molecule has 0 unspecified atom stereocenters. The Morgan fingerprint density at radius 1 is 1.31 bits per heavy atom. The lowest BCUT2D eigenvalue weighted by atomic mass is 9.89. The Morgan fingerprint density at radius 2 is 1.85 bits per heavy atom. The van der Waals surface area contributed by atoms with Crippen LogP contribution < -0.4 is 0 Å². The lowest BCUT2D eigenvalue weighted by Crippen LogP contribution is -2.36. The van der Waals surface area contributed by atoms with Gasteiger partial charge in [-0.05, 0) is 12.8 Å². The third kappa shape index (κ3) is 2.43. The maximum absolute atomic E-state index is 11.2. The summed E-state index contributed by atoms with van der Waals surface area (Å²) in [6, 6.07) is 0. The van der Waals surface area contributed by atoms with Gasteiger partial charge in [0.25, 0.3) is 0 Å². The fourth-order valence-electron chi connectivity index (χ4n) is 1.89. The molecule has 1 saturated carbocycles. The van der Waals surface area contributed by atoms with Crippen molar-refractivity contribution in [3.63, 3.8) is 0 Å². The van der Waals surface area contributed by atoms with Crippen LogP contribution in [0.3, 0.4) is 0 Å². The summed E-state index contributed by atoms with van der Waals surface area (Å²) in [7, 11) is -3.20. The largest absolute Gasteiger partial charge is 0.481 e. The van der Waals surface area contributed by atoms with Crippen LogP contribution in [0.2, 0.25) is 0 Å². The average Bonchev–Trinajstić information content (AvgIpc) is 2.03. The van der Waals surface area contributed by atoms with Crippen LogP contribution in [0.15, 0.2) is 0 Å². The molecule has 0 saturated heterocycles. The Kier molecular flexibility index (Phi) is 2.95. The lowest BCUT2D eigenvalue weighted by Gasteiger charge is -2.26.